The summed E-state index contributed by atoms with van der Waals surface area (Å²) in [7, 11) is 0. The molecule has 0 amide bonds. The number of esters is 2. The third kappa shape index (κ3) is 31.2. The van der Waals surface area contributed by atoms with Crippen LogP contribution in [0.15, 0.2) is 0 Å². The molecule has 0 rings (SSSR count). The fourth-order valence-corrected chi connectivity index (χ4v) is 4.94. The van der Waals surface area contributed by atoms with Gasteiger partial charge in [0.1, 0.15) is 0 Å². The molecule has 0 aromatic carbocycles. The lowest BCUT2D eigenvalue weighted by Gasteiger charge is -2.06. The highest BCUT2D eigenvalue weighted by Crippen LogP contribution is 2.13. The number of ether oxygens (including phenoxy) is 2. The number of carbonyl (C=O) groups excluding carboxylic acids is 2. The zero-order chi connectivity index (χ0) is 27.8. The molecular formula is C34H66O4. The van der Waals surface area contributed by atoms with Crippen molar-refractivity contribution < 1.29 is 19.1 Å². The Bertz CT molecular complexity index is 491. The van der Waals surface area contributed by atoms with Crippen molar-refractivity contribution in [3.8, 4) is 0 Å². The molecule has 0 heterocycles. The van der Waals surface area contributed by atoms with Crippen LogP contribution in [-0.4, -0.2) is 25.2 Å². The Kier molecular flexibility index (Phi) is 31.3. The predicted octanol–water partition coefficient (Wildman–Crippen LogP) is 11.0. The van der Waals surface area contributed by atoms with Gasteiger partial charge in [-0.15, -0.1) is 0 Å². The molecule has 0 unspecified atom stereocenters. The molecule has 0 aliphatic heterocycles. The monoisotopic (exact) mass is 538 g/mol. The maximum absolute atomic E-state index is 11.9. The van der Waals surface area contributed by atoms with Crippen molar-refractivity contribution in [2.24, 2.45) is 0 Å². The highest BCUT2D eigenvalue weighted by atomic mass is 16.5. The van der Waals surface area contributed by atoms with Gasteiger partial charge in [0.2, 0.25) is 0 Å². The fourth-order valence-electron chi connectivity index (χ4n) is 4.94. The molecule has 0 spiro atoms. The summed E-state index contributed by atoms with van der Waals surface area (Å²) >= 11 is 0. The zero-order valence-electron chi connectivity index (χ0n) is 25.8. The van der Waals surface area contributed by atoms with Crippen LogP contribution in [0.25, 0.3) is 0 Å². The summed E-state index contributed by atoms with van der Waals surface area (Å²) in [6, 6.07) is 0. The van der Waals surface area contributed by atoms with Gasteiger partial charge in [0.25, 0.3) is 0 Å². The number of unbranched alkanes of at least 4 members (excludes halogenated alkanes) is 23. The second kappa shape index (κ2) is 32.2. The van der Waals surface area contributed by atoms with E-state index in [9.17, 15) is 9.59 Å². The van der Waals surface area contributed by atoms with Crippen LogP contribution in [0.4, 0.5) is 0 Å². The standard InChI is InChI=1S/C34H66O4/c1-3-5-7-9-11-13-14-15-16-20-24-28-32-38-34(36)30-26-22-18-17-21-25-29-33(35)37-31-27-23-19-12-10-8-6-4-2/h3-32H2,1-2H3. The molecule has 0 atom stereocenters. The largest absolute Gasteiger partial charge is 0.466 e. The summed E-state index contributed by atoms with van der Waals surface area (Å²) in [6.07, 6.45) is 33.3. The minimum absolute atomic E-state index is 0.0349. The van der Waals surface area contributed by atoms with Gasteiger partial charge < -0.3 is 9.47 Å². The van der Waals surface area contributed by atoms with E-state index in [-0.39, 0.29) is 11.9 Å². The number of rotatable bonds is 31. The van der Waals surface area contributed by atoms with E-state index in [4.69, 9.17) is 9.47 Å². The molecule has 0 aromatic rings. The van der Waals surface area contributed by atoms with Crippen LogP contribution >= 0.6 is 0 Å². The molecule has 0 saturated heterocycles. The van der Waals surface area contributed by atoms with E-state index in [0.29, 0.717) is 26.1 Å². The highest BCUT2D eigenvalue weighted by molar-refractivity contribution is 5.69. The lowest BCUT2D eigenvalue weighted by Crippen LogP contribution is -2.06. The van der Waals surface area contributed by atoms with Crippen LogP contribution < -0.4 is 0 Å². The molecular weight excluding hydrogens is 472 g/mol. The molecule has 4 nitrogen and oxygen atoms in total. The summed E-state index contributed by atoms with van der Waals surface area (Å²) in [6.45, 7) is 5.69. The van der Waals surface area contributed by atoms with Gasteiger partial charge in [-0.25, -0.2) is 0 Å². The van der Waals surface area contributed by atoms with E-state index in [1.54, 1.807) is 0 Å². The Morgan fingerprint density at radius 1 is 0.342 bits per heavy atom. The predicted molar refractivity (Wildman–Crippen MR) is 163 cm³/mol. The Morgan fingerprint density at radius 2 is 0.579 bits per heavy atom. The minimum atomic E-state index is -0.0381. The van der Waals surface area contributed by atoms with Crippen molar-refractivity contribution >= 4 is 11.9 Å². The average Bonchev–Trinajstić information content (AvgIpc) is 2.91. The first kappa shape index (κ1) is 36.9. The summed E-state index contributed by atoms with van der Waals surface area (Å²) in [4.78, 5) is 23.7. The SMILES string of the molecule is CCCCCCCCCCCCCCOC(=O)CCCCCCCCC(=O)OCCCCCCCCCC. The summed E-state index contributed by atoms with van der Waals surface area (Å²) < 4.78 is 10.7. The summed E-state index contributed by atoms with van der Waals surface area (Å²) in [5.74, 6) is -0.0730. The van der Waals surface area contributed by atoms with E-state index >= 15 is 0 Å². The Hall–Kier alpha value is -1.06. The van der Waals surface area contributed by atoms with Gasteiger partial charge in [0.15, 0.2) is 0 Å². The van der Waals surface area contributed by atoms with Crippen molar-refractivity contribution in [3.05, 3.63) is 0 Å². The minimum Gasteiger partial charge on any atom is -0.466 e. The molecule has 0 bridgehead atoms. The van der Waals surface area contributed by atoms with Crippen molar-refractivity contribution in [2.45, 2.75) is 194 Å². The average molecular weight is 539 g/mol. The summed E-state index contributed by atoms with van der Waals surface area (Å²) in [5.41, 5.74) is 0. The number of carbonyl (C=O) groups is 2. The molecule has 0 aromatic heterocycles. The molecule has 0 fully saturated rings. The molecule has 226 valence electrons. The van der Waals surface area contributed by atoms with Crippen molar-refractivity contribution in [2.75, 3.05) is 13.2 Å². The Labute approximate surface area is 237 Å². The van der Waals surface area contributed by atoms with Gasteiger partial charge in [-0.1, -0.05) is 155 Å². The summed E-state index contributed by atoms with van der Waals surface area (Å²) in [5, 5.41) is 0. The second-order valence-corrected chi connectivity index (χ2v) is 11.4. The molecule has 0 aliphatic carbocycles. The van der Waals surface area contributed by atoms with E-state index in [1.807, 2.05) is 0 Å². The van der Waals surface area contributed by atoms with Crippen LogP contribution in [0.5, 0.6) is 0 Å². The lowest BCUT2D eigenvalue weighted by atomic mass is 10.1. The third-order valence-electron chi connectivity index (χ3n) is 7.53. The van der Waals surface area contributed by atoms with Gasteiger partial charge in [-0.05, 0) is 25.7 Å². The van der Waals surface area contributed by atoms with Crippen LogP contribution in [-0.2, 0) is 19.1 Å². The molecule has 38 heavy (non-hydrogen) atoms. The molecule has 0 N–H and O–H groups in total. The highest BCUT2D eigenvalue weighted by Gasteiger charge is 2.04. The smallest absolute Gasteiger partial charge is 0.305 e. The second-order valence-electron chi connectivity index (χ2n) is 11.4. The van der Waals surface area contributed by atoms with E-state index in [0.717, 1.165) is 51.4 Å². The molecule has 0 aliphatic rings. The van der Waals surface area contributed by atoms with Gasteiger partial charge in [0.05, 0.1) is 13.2 Å². The van der Waals surface area contributed by atoms with Crippen molar-refractivity contribution in [3.63, 3.8) is 0 Å². The maximum atomic E-state index is 11.9. The first-order chi connectivity index (χ1) is 18.7. The topological polar surface area (TPSA) is 52.6 Å². The van der Waals surface area contributed by atoms with Gasteiger partial charge in [0, 0.05) is 12.8 Å². The van der Waals surface area contributed by atoms with Crippen molar-refractivity contribution in [1.29, 1.82) is 0 Å². The molecule has 0 saturated carbocycles. The first-order valence-corrected chi connectivity index (χ1v) is 17.0. The van der Waals surface area contributed by atoms with Crippen LogP contribution in [0.1, 0.15) is 194 Å². The third-order valence-corrected chi connectivity index (χ3v) is 7.53. The molecule has 4 heteroatoms. The zero-order valence-corrected chi connectivity index (χ0v) is 25.8. The van der Waals surface area contributed by atoms with E-state index < -0.39 is 0 Å². The van der Waals surface area contributed by atoms with Crippen LogP contribution in [0.3, 0.4) is 0 Å². The maximum Gasteiger partial charge on any atom is 0.305 e. The van der Waals surface area contributed by atoms with Crippen molar-refractivity contribution in [1.82, 2.24) is 0 Å². The first-order valence-electron chi connectivity index (χ1n) is 17.0. The van der Waals surface area contributed by atoms with E-state index in [2.05, 4.69) is 13.8 Å². The van der Waals surface area contributed by atoms with Gasteiger partial charge in [-0.3, -0.25) is 9.59 Å². The van der Waals surface area contributed by atoms with E-state index in [1.165, 1.54) is 116 Å². The Balaban J connectivity index is 3.24. The number of hydrogen-bond donors (Lipinski definition) is 0. The number of hydrogen-bond acceptors (Lipinski definition) is 4. The van der Waals surface area contributed by atoms with Crippen LogP contribution in [0, 0.1) is 0 Å². The quantitative estimate of drug-likeness (QED) is 0.0650. The van der Waals surface area contributed by atoms with Gasteiger partial charge in [-0.2, -0.15) is 0 Å². The van der Waals surface area contributed by atoms with Crippen LogP contribution in [0.2, 0.25) is 0 Å². The molecule has 0 radical (unpaired) electrons. The fraction of sp³-hybridized carbons (Fsp3) is 0.941. The van der Waals surface area contributed by atoms with Gasteiger partial charge >= 0.3 is 11.9 Å². The lowest BCUT2D eigenvalue weighted by molar-refractivity contribution is -0.144. The normalized spacial score (nSPS) is 11.1. The Morgan fingerprint density at radius 3 is 0.868 bits per heavy atom.